The molecule has 1 atom stereocenters. The number of aromatic nitrogens is 2. The lowest BCUT2D eigenvalue weighted by atomic mass is 10.1. The number of carbonyl (C=O) groups excluding carboxylic acids is 1. The standard InChI is InChI=1S/C21H23N3O2/c1-15-8-10-18(11-9-15)20-19(21(26)22-16(2)14-25)13-24(23-20)12-17-6-4-3-5-7-17/h3-11,13,16,25H,12,14H2,1-2H3,(H,22,26). The Hall–Kier alpha value is -2.92. The minimum atomic E-state index is -0.314. The monoisotopic (exact) mass is 349 g/mol. The molecule has 5 nitrogen and oxygen atoms in total. The van der Waals surface area contributed by atoms with Gasteiger partial charge < -0.3 is 10.4 Å². The summed E-state index contributed by atoms with van der Waals surface area (Å²) in [5, 5.41) is 16.7. The first-order valence-corrected chi connectivity index (χ1v) is 8.67. The SMILES string of the molecule is Cc1ccc(-c2nn(Cc3ccccc3)cc2C(=O)NC(C)CO)cc1. The van der Waals surface area contributed by atoms with Crippen molar-refractivity contribution < 1.29 is 9.90 Å². The Balaban J connectivity index is 1.96. The Morgan fingerprint density at radius 2 is 1.85 bits per heavy atom. The summed E-state index contributed by atoms with van der Waals surface area (Å²) in [5.41, 5.74) is 4.30. The van der Waals surface area contributed by atoms with Crippen molar-refractivity contribution in [3.63, 3.8) is 0 Å². The highest BCUT2D eigenvalue weighted by Gasteiger charge is 2.19. The summed E-state index contributed by atoms with van der Waals surface area (Å²) < 4.78 is 1.78. The number of aliphatic hydroxyl groups is 1. The van der Waals surface area contributed by atoms with E-state index in [2.05, 4.69) is 10.4 Å². The molecule has 0 aliphatic rings. The fourth-order valence-electron chi connectivity index (χ4n) is 2.71. The molecule has 0 radical (unpaired) electrons. The number of nitrogens with zero attached hydrogens (tertiary/aromatic N) is 2. The summed E-state index contributed by atoms with van der Waals surface area (Å²) in [6.45, 7) is 4.26. The Bertz CT molecular complexity index is 870. The number of aryl methyl sites for hydroxylation is 1. The third kappa shape index (κ3) is 4.18. The summed E-state index contributed by atoms with van der Waals surface area (Å²) in [6.07, 6.45) is 1.77. The molecule has 0 spiro atoms. The molecule has 0 saturated heterocycles. The van der Waals surface area contributed by atoms with Crippen LogP contribution >= 0.6 is 0 Å². The van der Waals surface area contributed by atoms with Crippen molar-refractivity contribution in [3.8, 4) is 11.3 Å². The number of rotatable bonds is 6. The molecule has 1 aromatic heterocycles. The highest BCUT2D eigenvalue weighted by molar-refractivity contribution is 6.00. The Morgan fingerprint density at radius 1 is 1.15 bits per heavy atom. The molecule has 1 heterocycles. The molecule has 2 aromatic carbocycles. The summed E-state index contributed by atoms with van der Waals surface area (Å²) in [4.78, 5) is 12.7. The van der Waals surface area contributed by atoms with Crippen LogP contribution in [0.15, 0.2) is 60.8 Å². The van der Waals surface area contributed by atoms with E-state index in [4.69, 9.17) is 0 Å². The van der Waals surface area contributed by atoms with Crippen LogP contribution in [0.2, 0.25) is 0 Å². The smallest absolute Gasteiger partial charge is 0.255 e. The molecule has 1 amide bonds. The van der Waals surface area contributed by atoms with Crippen LogP contribution in [-0.2, 0) is 6.54 Å². The molecule has 134 valence electrons. The second-order valence-corrected chi connectivity index (χ2v) is 6.50. The van der Waals surface area contributed by atoms with Gasteiger partial charge in [-0.2, -0.15) is 5.10 Å². The lowest BCUT2D eigenvalue weighted by Crippen LogP contribution is -2.35. The van der Waals surface area contributed by atoms with E-state index in [9.17, 15) is 9.90 Å². The summed E-state index contributed by atoms with van der Waals surface area (Å²) >= 11 is 0. The molecule has 0 fully saturated rings. The number of carbonyl (C=O) groups is 1. The van der Waals surface area contributed by atoms with Crippen molar-refractivity contribution in [3.05, 3.63) is 77.5 Å². The van der Waals surface area contributed by atoms with E-state index < -0.39 is 0 Å². The molecule has 3 rings (SSSR count). The molecule has 3 aromatic rings. The third-order valence-corrected chi connectivity index (χ3v) is 4.17. The predicted octanol–water partition coefficient (Wildman–Crippen LogP) is 3.02. The van der Waals surface area contributed by atoms with E-state index in [1.54, 1.807) is 17.8 Å². The topological polar surface area (TPSA) is 67.2 Å². The minimum Gasteiger partial charge on any atom is -0.394 e. The first kappa shape index (κ1) is 17.9. The second kappa shape index (κ2) is 7.97. The van der Waals surface area contributed by atoms with Gasteiger partial charge in [0.25, 0.3) is 5.91 Å². The first-order valence-electron chi connectivity index (χ1n) is 8.67. The number of aliphatic hydroxyl groups excluding tert-OH is 1. The van der Waals surface area contributed by atoms with Crippen LogP contribution in [0, 0.1) is 6.92 Å². The molecule has 26 heavy (non-hydrogen) atoms. The number of hydrogen-bond acceptors (Lipinski definition) is 3. The van der Waals surface area contributed by atoms with Gasteiger partial charge in [0.05, 0.1) is 18.7 Å². The summed E-state index contributed by atoms with van der Waals surface area (Å²) in [5.74, 6) is -0.235. The molecule has 0 bridgehead atoms. The van der Waals surface area contributed by atoms with Gasteiger partial charge in [-0.05, 0) is 19.4 Å². The van der Waals surface area contributed by atoms with Crippen molar-refractivity contribution in [2.24, 2.45) is 0 Å². The summed E-state index contributed by atoms with van der Waals surface area (Å²) in [6, 6.07) is 17.6. The lowest BCUT2D eigenvalue weighted by molar-refractivity contribution is 0.0923. The predicted molar refractivity (Wildman–Crippen MR) is 102 cm³/mol. The van der Waals surface area contributed by atoms with Gasteiger partial charge in [0.15, 0.2) is 0 Å². The van der Waals surface area contributed by atoms with Crippen LogP contribution in [-0.4, -0.2) is 33.4 Å². The largest absolute Gasteiger partial charge is 0.394 e. The van der Waals surface area contributed by atoms with Crippen molar-refractivity contribution in [2.75, 3.05) is 6.61 Å². The number of hydrogen-bond donors (Lipinski definition) is 2. The van der Waals surface area contributed by atoms with Gasteiger partial charge in [-0.3, -0.25) is 9.48 Å². The highest BCUT2D eigenvalue weighted by atomic mass is 16.3. The van der Waals surface area contributed by atoms with Crippen LogP contribution in [0.3, 0.4) is 0 Å². The quantitative estimate of drug-likeness (QED) is 0.719. The van der Waals surface area contributed by atoms with Gasteiger partial charge in [0.2, 0.25) is 0 Å². The van der Waals surface area contributed by atoms with Gasteiger partial charge in [-0.1, -0.05) is 60.2 Å². The molecular weight excluding hydrogens is 326 g/mol. The van der Waals surface area contributed by atoms with E-state index in [0.717, 1.165) is 16.7 Å². The molecule has 1 unspecified atom stereocenters. The zero-order valence-corrected chi connectivity index (χ0v) is 15.0. The van der Waals surface area contributed by atoms with Crippen molar-refractivity contribution in [1.82, 2.24) is 15.1 Å². The van der Waals surface area contributed by atoms with Crippen LogP contribution in [0.4, 0.5) is 0 Å². The normalized spacial score (nSPS) is 12.0. The highest BCUT2D eigenvalue weighted by Crippen LogP contribution is 2.23. The van der Waals surface area contributed by atoms with Gasteiger partial charge in [-0.25, -0.2) is 0 Å². The van der Waals surface area contributed by atoms with E-state index in [-0.39, 0.29) is 18.6 Å². The average Bonchev–Trinajstić information content (AvgIpc) is 3.07. The fourth-order valence-corrected chi connectivity index (χ4v) is 2.71. The van der Waals surface area contributed by atoms with Crippen LogP contribution < -0.4 is 5.32 Å². The number of benzene rings is 2. The fraction of sp³-hybridized carbons (Fsp3) is 0.238. The van der Waals surface area contributed by atoms with Crippen molar-refractivity contribution in [1.29, 1.82) is 0 Å². The summed E-state index contributed by atoms with van der Waals surface area (Å²) in [7, 11) is 0. The van der Waals surface area contributed by atoms with E-state index in [1.165, 1.54) is 0 Å². The molecule has 0 saturated carbocycles. The van der Waals surface area contributed by atoms with Gasteiger partial charge in [0, 0.05) is 17.8 Å². The average molecular weight is 349 g/mol. The maximum absolute atomic E-state index is 12.7. The van der Waals surface area contributed by atoms with Crippen LogP contribution in [0.5, 0.6) is 0 Å². The van der Waals surface area contributed by atoms with E-state index >= 15 is 0 Å². The second-order valence-electron chi connectivity index (χ2n) is 6.50. The van der Waals surface area contributed by atoms with Crippen LogP contribution in [0.25, 0.3) is 11.3 Å². The van der Waals surface area contributed by atoms with Gasteiger partial charge in [-0.15, -0.1) is 0 Å². The maximum atomic E-state index is 12.7. The zero-order chi connectivity index (χ0) is 18.5. The lowest BCUT2D eigenvalue weighted by Gasteiger charge is -2.10. The Kier molecular flexibility index (Phi) is 5.49. The molecule has 0 aliphatic heterocycles. The Labute approximate surface area is 153 Å². The minimum absolute atomic E-state index is 0.107. The van der Waals surface area contributed by atoms with E-state index in [1.807, 2.05) is 61.5 Å². The Morgan fingerprint density at radius 3 is 2.50 bits per heavy atom. The van der Waals surface area contributed by atoms with Gasteiger partial charge >= 0.3 is 0 Å². The number of amides is 1. The molecule has 5 heteroatoms. The van der Waals surface area contributed by atoms with Gasteiger partial charge in [0.1, 0.15) is 5.69 Å². The zero-order valence-electron chi connectivity index (χ0n) is 15.0. The van der Waals surface area contributed by atoms with Crippen molar-refractivity contribution >= 4 is 5.91 Å². The first-order chi connectivity index (χ1) is 12.6. The molecular formula is C21H23N3O2. The van der Waals surface area contributed by atoms with Crippen molar-refractivity contribution in [2.45, 2.75) is 26.4 Å². The number of nitrogens with one attached hydrogen (secondary N) is 1. The molecule has 2 N–H and O–H groups in total. The maximum Gasteiger partial charge on any atom is 0.255 e. The van der Waals surface area contributed by atoms with E-state index in [0.29, 0.717) is 17.8 Å². The molecule has 0 aliphatic carbocycles. The third-order valence-electron chi connectivity index (χ3n) is 4.17. The van der Waals surface area contributed by atoms with Crippen LogP contribution in [0.1, 0.15) is 28.4 Å².